The summed E-state index contributed by atoms with van der Waals surface area (Å²) in [4.78, 5) is 19.4. The molecule has 1 fully saturated rings. The lowest BCUT2D eigenvalue weighted by atomic mass is 10.1. The molecule has 0 unspecified atom stereocenters. The largest absolute Gasteiger partial charge is 0.341 e. The van der Waals surface area contributed by atoms with Crippen LogP contribution in [0.1, 0.15) is 19.3 Å². The zero-order valence-corrected chi connectivity index (χ0v) is 20.7. The average Bonchev–Trinajstić information content (AvgIpc) is 3.44. The number of fused-ring (bicyclic) bond motifs is 1. The van der Waals surface area contributed by atoms with E-state index in [1.54, 1.807) is 0 Å². The van der Waals surface area contributed by atoms with Gasteiger partial charge in [-0.15, -0.1) is 10.2 Å². The lowest BCUT2D eigenvalue weighted by Crippen LogP contribution is -2.31. The van der Waals surface area contributed by atoms with Gasteiger partial charge in [-0.05, 0) is 43.5 Å². The molecule has 0 amide bonds. The minimum atomic E-state index is -0.235. The van der Waals surface area contributed by atoms with Crippen molar-refractivity contribution in [2.45, 2.75) is 24.4 Å². The Morgan fingerprint density at radius 3 is 2.20 bits per heavy atom. The highest BCUT2D eigenvalue weighted by atomic mass is 32.2. The van der Waals surface area contributed by atoms with Gasteiger partial charge in [0, 0.05) is 27.2 Å². The van der Waals surface area contributed by atoms with Crippen LogP contribution in [0.15, 0.2) is 71.1 Å². The van der Waals surface area contributed by atoms with Crippen molar-refractivity contribution < 1.29 is 4.79 Å². The Labute approximate surface area is 209 Å². The third kappa shape index (κ3) is 4.26. The van der Waals surface area contributed by atoms with Crippen molar-refractivity contribution in [3.05, 3.63) is 66.0 Å². The van der Waals surface area contributed by atoms with Crippen molar-refractivity contribution in [2.75, 3.05) is 47.6 Å². The van der Waals surface area contributed by atoms with E-state index in [0.29, 0.717) is 11.0 Å². The van der Waals surface area contributed by atoms with Gasteiger partial charge in [-0.2, -0.15) is 5.26 Å². The van der Waals surface area contributed by atoms with E-state index in [-0.39, 0.29) is 17.1 Å². The predicted molar refractivity (Wildman–Crippen MR) is 139 cm³/mol. The summed E-state index contributed by atoms with van der Waals surface area (Å²) in [7, 11) is 3.76. The Bertz CT molecular complexity index is 1270. The molecular weight excluding hydrogens is 458 g/mol. The van der Waals surface area contributed by atoms with Crippen LogP contribution in [0.25, 0.3) is 5.69 Å². The number of allylic oxidation sites excluding steroid dienone is 1. The monoisotopic (exact) mass is 485 g/mol. The van der Waals surface area contributed by atoms with Crippen LogP contribution < -0.4 is 14.7 Å². The molecule has 3 heterocycles. The number of anilines is 3. The number of Topliss-reactive ketones (excluding diaryl/α,β-unsaturated/α-hetero) is 1. The highest BCUT2D eigenvalue weighted by Gasteiger charge is 2.31. The standard InChI is InChI=1S/C26H27N7OS/c1-30-21-13-7-8-14-22(21)31(2)24(30)20(17-27)23(34)18-35-26-29-28-25(32-15-9-4-10-16-32)33(26)19-11-5-3-6-12-19/h3,5-8,11-14H,4,9-10,15-16,18H2,1-2H3. The molecule has 2 aliphatic heterocycles. The number of rotatable bonds is 6. The number of nitrogens with zero attached hydrogens (tertiary/aromatic N) is 7. The molecule has 2 aliphatic rings. The molecule has 0 aliphatic carbocycles. The summed E-state index contributed by atoms with van der Waals surface area (Å²) in [5, 5.41) is 19.5. The number of nitriles is 1. The lowest BCUT2D eigenvalue weighted by Gasteiger charge is -2.27. The molecule has 1 aromatic heterocycles. The maximum absolute atomic E-state index is 13.3. The molecule has 0 saturated carbocycles. The van der Waals surface area contributed by atoms with E-state index in [4.69, 9.17) is 0 Å². The maximum atomic E-state index is 13.3. The van der Waals surface area contributed by atoms with Gasteiger partial charge in [0.25, 0.3) is 0 Å². The van der Waals surface area contributed by atoms with E-state index < -0.39 is 0 Å². The van der Waals surface area contributed by atoms with Crippen molar-refractivity contribution >= 4 is 34.9 Å². The minimum absolute atomic E-state index is 0.0926. The van der Waals surface area contributed by atoms with E-state index in [2.05, 4.69) is 21.2 Å². The summed E-state index contributed by atoms with van der Waals surface area (Å²) in [6.45, 7) is 1.89. The summed E-state index contributed by atoms with van der Waals surface area (Å²) in [5.41, 5.74) is 3.03. The first kappa shape index (κ1) is 23.0. The van der Waals surface area contributed by atoms with E-state index >= 15 is 0 Å². The summed E-state index contributed by atoms with van der Waals surface area (Å²) >= 11 is 1.31. The van der Waals surface area contributed by atoms with Gasteiger partial charge >= 0.3 is 0 Å². The number of hydrogen-bond donors (Lipinski definition) is 0. The van der Waals surface area contributed by atoms with Crippen LogP contribution in [0.2, 0.25) is 0 Å². The number of piperidine rings is 1. The van der Waals surface area contributed by atoms with Crippen LogP contribution in [0.3, 0.4) is 0 Å². The highest BCUT2D eigenvalue weighted by molar-refractivity contribution is 7.99. The molecule has 3 aromatic rings. The fourth-order valence-electron chi connectivity index (χ4n) is 4.72. The Balaban J connectivity index is 1.43. The second-order valence-corrected chi connectivity index (χ2v) is 9.57. The molecule has 1 saturated heterocycles. The lowest BCUT2D eigenvalue weighted by molar-refractivity contribution is -0.112. The van der Waals surface area contributed by atoms with E-state index in [9.17, 15) is 10.1 Å². The number of hydrogen-bond acceptors (Lipinski definition) is 8. The number of carbonyl (C=O) groups is 1. The minimum Gasteiger partial charge on any atom is -0.341 e. The Morgan fingerprint density at radius 2 is 1.57 bits per heavy atom. The zero-order valence-electron chi connectivity index (χ0n) is 19.9. The second kappa shape index (κ2) is 9.84. The fraction of sp³-hybridized carbons (Fsp3) is 0.308. The molecular formula is C26H27N7OS. The van der Waals surface area contributed by atoms with Gasteiger partial charge in [-0.25, -0.2) is 0 Å². The van der Waals surface area contributed by atoms with Crippen LogP contribution in [0, 0.1) is 11.3 Å². The van der Waals surface area contributed by atoms with Gasteiger partial charge < -0.3 is 14.7 Å². The smallest absolute Gasteiger partial charge is 0.232 e. The number of ketones is 1. The first-order chi connectivity index (χ1) is 17.1. The first-order valence-electron chi connectivity index (χ1n) is 11.7. The van der Waals surface area contributed by atoms with Crippen molar-refractivity contribution in [2.24, 2.45) is 0 Å². The van der Waals surface area contributed by atoms with E-state index in [1.807, 2.05) is 83.1 Å². The molecule has 2 aromatic carbocycles. The molecule has 9 heteroatoms. The Hall–Kier alpha value is -3.77. The second-order valence-electron chi connectivity index (χ2n) is 8.63. The molecule has 0 bridgehead atoms. The fourth-order valence-corrected chi connectivity index (χ4v) is 5.54. The topological polar surface area (TPSA) is 81.3 Å². The van der Waals surface area contributed by atoms with Gasteiger partial charge in [0.1, 0.15) is 17.5 Å². The van der Waals surface area contributed by atoms with Crippen molar-refractivity contribution in [1.82, 2.24) is 14.8 Å². The number of benzene rings is 2. The number of carbonyl (C=O) groups excluding carboxylic acids is 1. The molecule has 5 rings (SSSR count). The van der Waals surface area contributed by atoms with Crippen molar-refractivity contribution in [3.8, 4) is 11.8 Å². The Kier molecular flexibility index (Phi) is 6.47. The summed E-state index contributed by atoms with van der Waals surface area (Å²) < 4.78 is 2.02. The number of thioether (sulfide) groups is 1. The quantitative estimate of drug-likeness (QED) is 0.291. The number of aromatic nitrogens is 3. The highest BCUT2D eigenvalue weighted by Crippen LogP contribution is 2.40. The molecule has 0 N–H and O–H groups in total. The zero-order chi connectivity index (χ0) is 24.4. The van der Waals surface area contributed by atoms with Gasteiger partial charge in [0.15, 0.2) is 10.9 Å². The van der Waals surface area contributed by atoms with Crippen molar-refractivity contribution in [1.29, 1.82) is 5.26 Å². The SMILES string of the molecule is CN1C(=C(C#N)C(=O)CSc2nnc(N3CCCCC3)n2-c2ccccc2)N(C)c2ccccc21. The van der Waals surface area contributed by atoms with Gasteiger partial charge in [0.05, 0.1) is 22.8 Å². The maximum Gasteiger partial charge on any atom is 0.232 e. The van der Waals surface area contributed by atoms with E-state index in [1.165, 1.54) is 18.2 Å². The Morgan fingerprint density at radius 1 is 0.943 bits per heavy atom. The third-order valence-corrected chi connectivity index (χ3v) is 7.38. The molecule has 0 atom stereocenters. The van der Waals surface area contributed by atoms with Crippen LogP contribution in [-0.4, -0.2) is 53.5 Å². The number of para-hydroxylation sites is 3. The van der Waals surface area contributed by atoms with Crippen LogP contribution in [0.5, 0.6) is 0 Å². The van der Waals surface area contributed by atoms with Crippen LogP contribution in [-0.2, 0) is 4.79 Å². The summed E-state index contributed by atoms with van der Waals surface area (Å²) in [5.74, 6) is 1.25. The predicted octanol–water partition coefficient (Wildman–Crippen LogP) is 4.24. The summed E-state index contributed by atoms with van der Waals surface area (Å²) in [6, 6.07) is 20.0. The van der Waals surface area contributed by atoms with E-state index in [0.717, 1.165) is 48.9 Å². The molecule has 0 radical (unpaired) electrons. The average molecular weight is 486 g/mol. The molecule has 35 heavy (non-hydrogen) atoms. The molecule has 8 nitrogen and oxygen atoms in total. The van der Waals surface area contributed by atoms with Gasteiger partial charge in [-0.3, -0.25) is 9.36 Å². The first-order valence-corrected chi connectivity index (χ1v) is 12.7. The van der Waals surface area contributed by atoms with Crippen LogP contribution in [0.4, 0.5) is 17.3 Å². The van der Waals surface area contributed by atoms with Crippen LogP contribution >= 0.6 is 11.8 Å². The van der Waals surface area contributed by atoms with Gasteiger partial charge in [0.2, 0.25) is 5.95 Å². The third-order valence-electron chi connectivity index (χ3n) is 6.46. The normalized spacial score (nSPS) is 15.2. The van der Waals surface area contributed by atoms with Crippen molar-refractivity contribution in [3.63, 3.8) is 0 Å². The molecule has 0 spiro atoms. The van der Waals surface area contributed by atoms with Gasteiger partial charge in [-0.1, -0.05) is 42.1 Å². The molecule has 178 valence electrons. The summed E-state index contributed by atoms with van der Waals surface area (Å²) in [6.07, 6.45) is 3.49.